The van der Waals surface area contributed by atoms with Crippen LogP contribution >= 0.6 is 0 Å². The highest BCUT2D eigenvalue weighted by Crippen LogP contribution is 2.35. The van der Waals surface area contributed by atoms with Crippen LogP contribution in [0, 0.1) is 11.6 Å². The van der Waals surface area contributed by atoms with Crippen LogP contribution in [-0.2, 0) is 11.3 Å². The third-order valence-electron chi connectivity index (χ3n) is 3.72. The zero-order valence-electron chi connectivity index (χ0n) is 11.9. The summed E-state index contributed by atoms with van der Waals surface area (Å²) in [5.41, 5.74) is 1.33. The molecule has 0 saturated heterocycles. The molecular weight excluding hydrogens is 292 g/mol. The fraction of sp³-hybridized carbons (Fsp3) is 0.333. The van der Waals surface area contributed by atoms with Gasteiger partial charge in [-0.05, 0) is 31.0 Å². The molecule has 0 fully saturated rings. The van der Waals surface area contributed by atoms with Crippen LogP contribution in [0.2, 0.25) is 0 Å². The zero-order chi connectivity index (χ0) is 15.9. The quantitative estimate of drug-likeness (QED) is 0.911. The normalized spacial score (nSPS) is 18.1. The molecule has 1 aromatic heterocycles. The van der Waals surface area contributed by atoms with Gasteiger partial charge < -0.3 is 10.4 Å². The summed E-state index contributed by atoms with van der Waals surface area (Å²) in [5.74, 6) is -1.63. The van der Waals surface area contributed by atoms with E-state index in [-0.39, 0.29) is 5.92 Å². The number of carbonyl (C=O) groups is 1. The van der Waals surface area contributed by atoms with Crippen molar-refractivity contribution in [1.29, 1.82) is 0 Å². The summed E-state index contributed by atoms with van der Waals surface area (Å²) in [6, 6.07) is 5.12. The number of aryl methyl sites for hydroxylation is 1. The topological polar surface area (TPSA) is 67.2 Å². The van der Waals surface area contributed by atoms with E-state index < -0.39 is 23.6 Å². The minimum Gasteiger partial charge on any atom is -0.384 e. The Hall–Kier alpha value is -2.28. The van der Waals surface area contributed by atoms with Gasteiger partial charge in [-0.15, -0.1) is 0 Å². The number of amides is 1. The van der Waals surface area contributed by atoms with Crippen LogP contribution in [0.4, 0.5) is 14.6 Å². The standard InChI is InChI=1S/C15H15F2N3O2/c1-8(21)15(22)18-14-7-13-12(2-3-20(13)19-14)9-4-10(16)6-11(17)5-9/h4-8,12,21H,2-3H2,1H3,(H,18,19,22). The highest BCUT2D eigenvalue weighted by molar-refractivity contribution is 5.92. The summed E-state index contributed by atoms with van der Waals surface area (Å²) in [4.78, 5) is 11.5. The number of nitrogens with one attached hydrogen (secondary N) is 1. The molecule has 3 rings (SSSR count). The molecule has 1 aliphatic heterocycles. The SMILES string of the molecule is CC(O)C(=O)Nc1cc2n(n1)CCC2c1cc(F)cc(F)c1. The fourth-order valence-electron chi connectivity index (χ4n) is 2.70. The van der Waals surface area contributed by atoms with Crippen molar-refractivity contribution < 1.29 is 18.7 Å². The number of fused-ring (bicyclic) bond motifs is 1. The lowest BCUT2D eigenvalue weighted by atomic mass is 9.95. The van der Waals surface area contributed by atoms with Crippen molar-refractivity contribution in [3.05, 3.63) is 47.2 Å². The van der Waals surface area contributed by atoms with Crippen molar-refractivity contribution in [3.8, 4) is 0 Å². The molecule has 1 aromatic carbocycles. The number of aliphatic hydroxyl groups excluding tert-OH is 1. The Bertz CT molecular complexity index is 707. The molecule has 2 heterocycles. The monoisotopic (exact) mass is 307 g/mol. The molecule has 116 valence electrons. The summed E-state index contributed by atoms with van der Waals surface area (Å²) in [6.45, 7) is 1.96. The fourth-order valence-corrected chi connectivity index (χ4v) is 2.70. The van der Waals surface area contributed by atoms with Gasteiger partial charge in [-0.25, -0.2) is 8.78 Å². The Morgan fingerprint density at radius 2 is 2.05 bits per heavy atom. The first-order chi connectivity index (χ1) is 10.4. The molecule has 22 heavy (non-hydrogen) atoms. The van der Waals surface area contributed by atoms with Crippen LogP contribution in [0.15, 0.2) is 24.3 Å². The van der Waals surface area contributed by atoms with E-state index in [9.17, 15) is 18.7 Å². The van der Waals surface area contributed by atoms with Gasteiger partial charge in [-0.3, -0.25) is 9.48 Å². The van der Waals surface area contributed by atoms with Gasteiger partial charge >= 0.3 is 0 Å². The maximum Gasteiger partial charge on any atom is 0.254 e. The van der Waals surface area contributed by atoms with E-state index in [1.165, 1.54) is 19.1 Å². The number of rotatable bonds is 3. The predicted molar refractivity (Wildman–Crippen MR) is 75.4 cm³/mol. The second-order valence-corrected chi connectivity index (χ2v) is 5.39. The lowest BCUT2D eigenvalue weighted by Gasteiger charge is -2.09. The predicted octanol–water partition coefficient (Wildman–Crippen LogP) is 2.02. The van der Waals surface area contributed by atoms with E-state index in [1.54, 1.807) is 10.7 Å². The van der Waals surface area contributed by atoms with Crippen LogP contribution in [0.25, 0.3) is 0 Å². The molecule has 0 saturated carbocycles. The zero-order valence-corrected chi connectivity index (χ0v) is 11.9. The van der Waals surface area contributed by atoms with E-state index in [0.29, 0.717) is 24.3 Å². The van der Waals surface area contributed by atoms with E-state index in [0.717, 1.165) is 11.8 Å². The second-order valence-electron chi connectivity index (χ2n) is 5.39. The number of halogens is 2. The first-order valence-electron chi connectivity index (χ1n) is 6.96. The van der Waals surface area contributed by atoms with Crippen LogP contribution in [0.3, 0.4) is 0 Å². The van der Waals surface area contributed by atoms with Gasteiger partial charge in [0.05, 0.1) is 0 Å². The van der Waals surface area contributed by atoms with Crippen molar-refractivity contribution >= 4 is 11.7 Å². The highest BCUT2D eigenvalue weighted by Gasteiger charge is 2.27. The Balaban J connectivity index is 1.88. The number of nitrogens with zero attached hydrogens (tertiary/aromatic N) is 2. The average Bonchev–Trinajstić information content (AvgIpc) is 2.96. The number of hydrogen-bond acceptors (Lipinski definition) is 3. The number of aromatic nitrogens is 2. The van der Waals surface area contributed by atoms with Gasteiger partial charge in [0.25, 0.3) is 5.91 Å². The van der Waals surface area contributed by atoms with Crippen molar-refractivity contribution in [2.45, 2.75) is 31.9 Å². The van der Waals surface area contributed by atoms with Crippen molar-refractivity contribution in [2.24, 2.45) is 0 Å². The summed E-state index contributed by atoms with van der Waals surface area (Å²) in [7, 11) is 0. The van der Waals surface area contributed by atoms with Crippen molar-refractivity contribution in [1.82, 2.24) is 9.78 Å². The third kappa shape index (κ3) is 2.71. The molecule has 0 bridgehead atoms. The molecule has 2 aromatic rings. The Morgan fingerprint density at radius 1 is 1.36 bits per heavy atom. The molecular formula is C15H15F2N3O2. The molecule has 2 N–H and O–H groups in total. The van der Waals surface area contributed by atoms with Gasteiger partial charge in [0.2, 0.25) is 0 Å². The Kier molecular flexibility index (Phi) is 3.66. The molecule has 1 aliphatic rings. The van der Waals surface area contributed by atoms with Crippen LogP contribution in [0.5, 0.6) is 0 Å². The van der Waals surface area contributed by atoms with Crippen molar-refractivity contribution in [3.63, 3.8) is 0 Å². The number of carbonyl (C=O) groups excluding carboxylic acids is 1. The van der Waals surface area contributed by atoms with E-state index >= 15 is 0 Å². The lowest BCUT2D eigenvalue weighted by Crippen LogP contribution is -2.24. The molecule has 0 aliphatic carbocycles. The highest BCUT2D eigenvalue weighted by atomic mass is 19.1. The van der Waals surface area contributed by atoms with E-state index in [4.69, 9.17) is 0 Å². The maximum atomic E-state index is 13.4. The van der Waals surface area contributed by atoms with Crippen LogP contribution in [0.1, 0.15) is 30.5 Å². The average molecular weight is 307 g/mol. The third-order valence-corrected chi connectivity index (χ3v) is 3.72. The van der Waals surface area contributed by atoms with E-state index in [1.807, 2.05) is 0 Å². The lowest BCUT2D eigenvalue weighted by molar-refractivity contribution is -0.123. The smallest absolute Gasteiger partial charge is 0.254 e. The molecule has 1 amide bonds. The number of hydrogen-bond donors (Lipinski definition) is 2. The summed E-state index contributed by atoms with van der Waals surface area (Å²) in [6.07, 6.45) is -0.444. The number of aliphatic hydroxyl groups is 1. The van der Waals surface area contributed by atoms with Gasteiger partial charge in [-0.1, -0.05) is 0 Å². The second kappa shape index (κ2) is 5.49. The molecule has 5 nitrogen and oxygen atoms in total. The Morgan fingerprint density at radius 3 is 2.68 bits per heavy atom. The van der Waals surface area contributed by atoms with Gasteiger partial charge in [0.1, 0.15) is 17.7 Å². The summed E-state index contributed by atoms with van der Waals surface area (Å²) >= 11 is 0. The first kappa shape index (κ1) is 14.6. The van der Waals surface area contributed by atoms with Gasteiger partial charge in [0.15, 0.2) is 5.82 Å². The summed E-state index contributed by atoms with van der Waals surface area (Å²) < 4.78 is 28.5. The minimum absolute atomic E-state index is 0.171. The van der Waals surface area contributed by atoms with Crippen molar-refractivity contribution in [2.75, 3.05) is 5.32 Å². The first-order valence-corrected chi connectivity index (χ1v) is 6.96. The summed E-state index contributed by atoms with van der Waals surface area (Å²) in [5, 5.41) is 15.9. The molecule has 2 atom stereocenters. The molecule has 0 radical (unpaired) electrons. The van der Waals surface area contributed by atoms with Gasteiger partial charge in [0, 0.05) is 30.3 Å². The molecule has 2 unspecified atom stereocenters. The molecule has 7 heteroatoms. The number of anilines is 1. The Labute approximate surface area is 125 Å². The molecule has 0 spiro atoms. The van der Waals surface area contributed by atoms with Crippen LogP contribution < -0.4 is 5.32 Å². The van der Waals surface area contributed by atoms with Gasteiger partial charge in [-0.2, -0.15) is 5.10 Å². The van der Waals surface area contributed by atoms with Crippen LogP contribution in [-0.4, -0.2) is 26.9 Å². The minimum atomic E-state index is -1.13. The largest absolute Gasteiger partial charge is 0.384 e. The van der Waals surface area contributed by atoms with E-state index in [2.05, 4.69) is 10.4 Å². The maximum absolute atomic E-state index is 13.4. The number of benzene rings is 1.